The smallest absolute Gasteiger partial charge is 0.406 e. The molecule has 0 radical (unpaired) electrons. The Morgan fingerprint density at radius 3 is 2.31 bits per heavy atom. The lowest BCUT2D eigenvalue weighted by molar-refractivity contribution is -0.274. The Labute approximate surface area is 205 Å². The number of hydrazone groups is 1. The van der Waals surface area contributed by atoms with Gasteiger partial charge in [0.2, 0.25) is 0 Å². The number of benzene rings is 2. The normalized spacial score (nSPS) is 18.3. The van der Waals surface area contributed by atoms with E-state index in [9.17, 15) is 31.1 Å². The molecule has 1 heterocycles. The summed E-state index contributed by atoms with van der Waals surface area (Å²) in [6, 6.07) is 6.85. The summed E-state index contributed by atoms with van der Waals surface area (Å²) in [5.74, 6) is -0.468. The van der Waals surface area contributed by atoms with Crippen molar-refractivity contribution in [2.45, 2.75) is 25.9 Å². The Morgan fingerprint density at radius 2 is 1.80 bits per heavy atom. The highest BCUT2D eigenvalue weighted by molar-refractivity contribution is 6.32. The van der Waals surface area contributed by atoms with Crippen LogP contribution < -0.4 is 10.1 Å². The summed E-state index contributed by atoms with van der Waals surface area (Å²) < 4.78 is 80.0. The average Bonchev–Trinajstić information content (AvgIpc) is 3.03. The first-order chi connectivity index (χ1) is 16.1. The second-order valence-electron chi connectivity index (χ2n) is 7.96. The Morgan fingerprint density at radius 1 is 1.17 bits per heavy atom. The number of amides is 2. The Bertz CT molecular complexity index is 1170. The second kappa shape index (κ2) is 9.62. The van der Waals surface area contributed by atoms with Gasteiger partial charge in [0.1, 0.15) is 5.75 Å². The monoisotopic (exact) mass is 539 g/mol. The molecule has 1 atom stereocenters. The first kappa shape index (κ1) is 26.7. The third kappa shape index (κ3) is 6.61. The van der Waals surface area contributed by atoms with Gasteiger partial charge in [-0.05, 0) is 48.4 Å². The van der Waals surface area contributed by atoms with Crippen LogP contribution in [0.15, 0.2) is 59.2 Å². The number of rotatable bonds is 5. The summed E-state index contributed by atoms with van der Waals surface area (Å²) in [6.07, 6.45) is -9.35. The molecule has 0 aromatic heterocycles. The maximum absolute atomic E-state index is 13.1. The predicted octanol–water partition coefficient (Wildman–Crippen LogP) is 7.66. The molecule has 35 heavy (non-hydrogen) atoms. The number of nitrogens with one attached hydrogen (secondary N) is 1. The number of nitrogens with zero attached hydrogens (tertiary/aromatic N) is 2. The van der Waals surface area contributed by atoms with Crippen molar-refractivity contribution in [3.8, 4) is 5.75 Å². The standard InChI is InChI=1S/C22H17Cl2F6N3O2/c1-12(23)10-20(2)11-33(19(34)31-14-4-6-15(7-5-14)35-22(28,29)30)32-18(20)13-3-8-16(17(24)9-13)21(25,26)27/h3-9H,1,10-11H2,2H3,(H,31,34). The molecule has 2 aromatic rings. The molecule has 1 aliphatic heterocycles. The van der Waals surface area contributed by atoms with Crippen molar-refractivity contribution >= 4 is 40.6 Å². The van der Waals surface area contributed by atoms with Gasteiger partial charge in [-0.15, -0.1) is 13.2 Å². The molecular weight excluding hydrogens is 523 g/mol. The van der Waals surface area contributed by atoms with Gasteiger partial charge in [-0.25, -0.2) is 9.80 Å². The van der Waals surface area contributed by atoms with Crippen molar-refractivity contribution in [3.63, 3.8) is 0 Å². The molecule has 0 saturated heterocycles. The van der Waals surface area contributed by atoms with Crippen LogP contribution in [-0.2, 0) is 6.18 Å². The number of carbonyl (C=O) groups excluding carboxylic acids is 1. The number of hydrogen-bond acceptors (Lipinski definition) is 3. The van der Waals surface area contributed by atoms with Gasteiger partial charge in [0.05, 0.1) is 22.8 Å². The minimum Gasteiger partial charge on any atom is -0.406 e. The summed E-state index contributed by atoms with van der Waals surface area (Å²) >= 11 is 11.9. The molecule has 5 nitrogen and oxygen atoms in total. The number of ether oxygens (including phenoxy) is 1. The van der Waals surface area contributed by atoms with Gasteiger partial charge in [-0.2, -0.15) is 18.3 Å². The van der Waals surface area contributed by atoms with Gasteiger partial charge in [-0.1, -0.05) is 42.8 Å². The van der Waals surface area contributed by atoms with Gasteiger partial charge < -0.3 is 10.1 Å². The fourth-order valence-corrected chi connectivity index (χ4v) is 4.17. The number of alkyl halides is 6. The lowest BCUT2D eigenvalue weighted by atomic mass is 9.79. The van der Waals surface area contributed by atoms with Crippen molar-refractivity contribution in [1.82, 2.24) is 5.01 Å². The van der Waals surface area contributed by atoms with E-state index in [1.54, 1.807) is 6.92 Å². The summed E-state index contributed by atoms with van der Waals surface area (Å²) in [7, 11) is 0. The van der Waals surface area contributed by atoms with E-state index in [0.717, 1.165) is 29.3 Å². The first-order valence-corrected chi connectivity index (χ1v) is 10.6. The van der Waals surface area contributed by atoms with Crippen molar-refractivity contribution in [1.29, 1.82) is 0 Å². The van der Waals surface area contributed by atoms with Crippen LogP contribution >= 0.6 is 23.2 Å². The van der Waals surface area contributed by atoms with Crippen LogP contribution in [0.1, 0.15) is 24.5 Å². The highest BCUT2D eigenvalue weighted by Gasteiger charge is 2.42. The van der Waals surface area contributed by atoms with E-state index in [1.807, 2.05) is 0 Å². The van der Waals surface area contributed by atoms with E-state index in [4.69, 9.17) is 23.2 Å². The van der Waals surface area contributed by atoms with Crippen molar-refractivity contribution in [2.75, 3.05) is 11.9 Å². The second-order valence-corrected chi connectivity index (χ2v) is 8.90. The molecule has 0 fully saturated rings. The Kier molecular flexibility index (Phi) is 7.33. The fraction of sp³-hybridized carbons (Fsp3) is 0.273. The zero-order valence-electron chi connectivity index (χ0n) is 17.9. The van der Waals surface area contributed by atoms with E-state index in [-0.39, 0.29) is 35.0 Å². The van der Waals surface area contributed by atoms with Crippen molar-refractivity contribution in [2.24, 2.45) is 10.5 Å². The van der Waals surface area contributed by atoms with Gasteiger partial charge in [0.15, 0.2) is 0 Å². The summed E-state index contributed by atoms with van der Waals surface area (Å²) in [5.41, 5.74) is -1.25. The Balaban J connectivity index is 1.86. The molecule has 2 aromatic carbocycles. The zero-order valence-corrected chi connectivity index (χ0v) is 19.4. The molecule has 0 saturated carbocycles. The van der Waals surface area contributed by atoms with E-state index in [2.05, 4.69) is 21.7 Å². The van der Waals surface area contributed by atoms with Crippen LogP contribution in [0.4, 0.5) is 36.8 Å². The van der Waals surface area contributed by atoms with Gasteiger partial charge in [-0.3, -0.25) is 0 Å². The SMILES string of the molecule is C=C(Cl)CC1(C)CN(C(=O)Nc2ccc(OC(F)(F)F)cc2)N=C1c1ccc(C(F)(F)F)c(Cl)c1. The van der Waals surface area contributed by atoms with Crippen molar-refractivity contribution in [3.05, 3.63) is 70.2 Å². The number of carbonyl (C=O) groups is 1. The fourth-order valence-electron chi connectivity index (χ4n) is 3.59. The maximum Gasteiger partial charge on any atom is 0.573 e. The van der Waals surface area contributed by atoms with Crippen LogP contribution in [0.5, 0.6) is 5.75 Å². The zero-order chi connectivity index (χ0) is 26.2. The molecule has 3 rings (SSSR count). The number of urea groups is 1. The molecule has 1 unspecified atom stereocenters. The lowest BCUT2D eigenvalue weighted by Crippen LogP contribution is -2.35. The molecule has 1 aliphatic rings. The lowest BCUT2D eigenvalue weighted by Gasteiger charge is -2.26. The molecule has 0 spiro atoms. The third-order valence-electron chi connectivity index (χ3n) is 4.99. The van der Waals surface area contributed by atoms with Crippen LogP contribution in [-0.4, -0.2) is 29.7 Å². The van der Waals surface area contributed by atoms with E-state index >= 15 is 0 Å². The molecule has 0 aliphatic carbocycles. The van der Waals surface area contributed by atoms with Gasteiger partial charge >= 0.3 is 18.6 Å². The molecule has 188 valence electrons. The van der Waals surface area contributed by atoms with Crippen LogP contribution in [0.3, 0.4) is 0 Å². The third-order valence-corrected chi connectivity index (χ3v) is 5.44. The quantitative estimate of drug-likeness (QED) is 0.396. The number of allylic oxidation sites excluding steroid dienone is 1. The summed E-state index contributed by atoms with van der Waals surface area (Å²) in [6.45, 7) is 5.36. The van der Waals surface area contributed by atoms with Crippen LogP contribution in [0.2, 0.25) is 5.02 Å². The number of anilines is 1. The van der Waals surface area contributed by atoms with Crippen LogP contribution in [0.25, 0.3) is 0 Å². The first-order valence-electron chi connectivity index (χ1n) is 9.81. The topological polar surface area (TPSA) is 53.9 Å². The molecule has 13 heteroatoms. The molecule has 2 amide bonds. The predicted molar refractivity (Wildman–Crippen MR) is 120 cm³/mol. The molecular formula is C22H17Cl2F6N3O2. The minimum atomic E-state index is -4.86. The summed E-state index contributed by atoms with van der Waals surface area (Å²) in [5, 5.41) is 7.52. The van der Waals surface area contributed by atoms with E-state index in [1.165, 1.54) is 18.2 Å². The average molecular weight is 540 g/mol. The highest BCUT2D eigenvalue weighted by Crippen LogP contribution is 2.40. The number of halogens is 8. The van der Waals surface area contributed by atoms with E-state index in [0.29, 0.717) is 0 Å². The molecule has 1 N–H and O–H groups in total. The van der Waals surface area contributed by atoms with Crippen LogP contribution in [0, 0.1) is 5.41 Å². The highest BCUT2D eigenvalue weighted by atomic mass is 35.5. The minimum absolute atomic E-state index is 0.00613. The maximum atomic E-state index is 13.1. The van der Waals surface area contributed by atoms with Crippen molar-refractivity contribution < 1.29 is 35.9 Å². The van der Waals surface area contributed by atoms with Gasteiger partial charge in [0, 0.05) is 16.1 Å². The van der Waals surface area contributed by atoms with E-state index < -0.39 is 40.3 Å². The Hall–Kier alpha value is -2.92. The summed E-state index contributed by atoms with van der Waals surface area (Å²) in [4.78, 5) is 12.8. The largest absolute Gasteiger partial charge is 0.573 e. The van der Waals surface area contributed by atoms with Gasteiger partial charge in [0.25, 0.3) is 0 Å². The molecule has 0 bridgehead atoms. The number of hydrogen-bond donors (Lipinski definition) is 1.